The maximum Gasteiger partial charge on any atom is 0.232 e. The third kappa shape index (κ3) is 3.14. The van der Waals surface area contributed by atoms with Crippen LogP contribution in [0.25, 0.3) is 5.69 Å². The van der Waals surface area contributed by atoms with Gasteiger partial charge in [0.1, 0.15) is 0 Å². The zero-order valence-corrected chi connectivity index (χ0v) is 14.6. The number of benzene rings is 1. The molecule has 3 aromatic rings. The Hall–Kier alpha value is -1.99. The first-order valence-electron chi connectivity index (χ1n) is 7.88. The van der Waals surface area contributed by atoms with Crippen LogP contribution in [0.5, 0.6) is 0 Å². The molecule has 0 amide bonds. The lowest BCUT2D eigenvalue weighted by Gasteiger charge is -2.18. The zero-order valence-electron chi connectivity index (χ0n) is 13.0. The second-order valence-electron chi connectivity index (χ2n) is 5.69. The fourth-order valence-electron chi connectivity index (χ4n) is 2.82. The standard InChI is InChI=1S/C16H17ClN6S/c17-13-4-3-5-14(8-13)23-15(22-6-1-2-7-22)20-21-16(23)24-11-12-9-18-19-10-12/h3-5,8-10H,1-2,6-7,11H2,(H,18,19). The molecule has 124 valence electrons. The van der Waals surface area contributed by atoms with E-state index in [4.69, 9.17) is 11.6 Å². The smallest absolute Gasteiger partial charge is 0.232 e. The molecule has 8 heteroatoms. The second-order valence-corrected chi connectivity index (χ2v) is 7.07. The van der Waals surface area contributed by atoms with Crippen LogP contribution in [-0.4, -0.2) is 38.1 Å². The van der Waals surface area contributed by atoms with E-state index in [1.54, 1.807) is 11.8 Å². The molecule has 0 radical (unpaired) electrons. The summed E-state index contributed by atoms with van der Waals surface area (Å²) in [6.45, 7) is 2.04. The molecule has 0 spiro atoms. The van der Waals surface area contributed by atoms with Crippen molar-refractivity contribution in [1.29, 1.82) is 0 Å². The van der Waals surface area contributed by atoms with E-state index in [2.05, 4.69) is 29.9 Å². The Labute approximate surface area is 149 Å². The van der Waals surface area contributed by atoms with Crippen molar-refractivity contribution >= 4 is 29.3 Å². The van der Waals surface area contributed by atoms with Crippen LogP contribution >= 0.6 is 23.4 Å². The molecule has 1 N–H and O–H groups in total. The zero-order chi connectivity index (χ0) is 16.4. The molecule has 0 atom stereocenters. The van der Waals surface area contributed by atoms with Crippen LogP contribution in [0.2, 0.25) is 5.02 Å². The van der Waals surface area contributed by atoms with Gasteiger partial charge in [-0.15, -0.1) is 10.2 Å². The normalized spacial score (nSPS) is 14.5. The Morgan fingerprint density at radius 1 is 1.21 bits per heavy atom. The largest absolute Gasteiger partial charge is 0.341 e. The maximum absolute atomic E-state index is 6.20. The van der Waals surface area contributed by atoms with Crippen LogP contribution in [0.4, 0.5) is 5.95 Å². The third-order valence-electron chi connectivity index (χ3n) is 3.99. The number of hydrogen-bond donors (Lipinski definition) is 1. The van der Waals surface area contributed by atoms with Crippen LogP contribution in [-0.2, 0) is 5.75 Å². The number of rotatable bonds is 5. The molecule has 24 heavy (non-hydrogen) atoms. The van der Waals surface area contributed by atoms with E-state index in [0.717, 1.165) is 41.2 Å². The van der Waals surface area contributed by atoms with E-state index in [0.29, 0.717) is 5.02 Å². The number of hydrogen-bond acceptors (Lipinski definition) is 5. The number of aromatic amines is 1. The van der Waals surface area contributed by atoms with Crippen LogP contribution in [0.1, 0.15) is 18.4 Å². The Balaban J connectivity index is 1.70. The summed E-state index contributed by atoms with van der Waals surface area (Å²) in [6.07, 6.45) is 6.11. The number of halogens is 1. The predicted molar refractivity (Wildman–Crippen MR) is 96.0 cm³/mol. The monoisotopic (exact) mass is 360 g/mol. The molecule has 1 aliphatic heterocycles. The van der Waals surface area contributed by atoms with E-state index >= 15 is 0 Å². The molecular formula is C16H17ClN6S. The fourth-order valence-corrected chi connectivity index (χ4v) is 3.88. The third-order valence-corrected chi connectivity index (χ3v) is 5.23. The van der Waals surface area contributed by atoms with Crippen molar-refractivity contribution in [1.82, 2.24) is 25.0 Å². The molecule has 2 aromatic heterocycles. The van der Waals surface area contributed by atoms with Gasteiger partial charge < -0.3 is 4.90 Å². The SMILES string of the molecule is Clc1cccc(-n2c(SCc3cn[nH]c3)nnc2N2CCCC2)c1. The Morgan fingerprint density at radius 2 is 2.08 bits per heavy atom. The molecule has 1 aromatic carbocycles. The van der Waals surface area contributed by atoms with Gasteiger partial charge in [0, 0.05) is 35.6 Å². The number of H-pyrrole nitrogens is 1. The van der Waals surface area contributed by atoms with E-state index in [1.807, 2.05) is 36.7 Å². The van der Waals surface area contributed by atoms with Crippen LogP contribution in [0.3, 0.4) is 0 Å². The van der Waals surface area contributed by atoms with E-state index < -0.39 is 0 Å². The summed E-state index contributed by atoms with van der Waals surface area (Å²) in [5.41, 5.74) is 2.12. The minimum Gasteiger partial charge on any atom is -0.341 e. The second kappa shape index (κ2) is 6.86. The first kappa shape index (κ1) is 15.5. The Kier molecular flexibility index (Phi) is 4.44. The molecule has 3 heterocycles. The van der Waals surface area contributed by atoms with Gasteiger partial charge in [0.15, 0.2) is 5.16 Å². The summed E-state index contributed by atoms with van der Waals surface area (Å²) in [5.74, 6) is 1.68. The molecule has 4 rings (SSSR count). The average Bonchev–Trinajstić information content (AvgIpc) is 3.33. The highest BCUT2D eigenvalue weighted by Gasteiger charge is 2.22. The van der Waals surface area contributed by atoms with Gasteiger partial charge in [-0.1, -0.05) is 29.4 Å². The van der Waals surface area contributed by atoms with Crippen LogP contribution in [0.15, 0.2) is 41.8 Å². The Bertz CT molecular complexity index is 810. The number of thioether (sulfide) groups is 1. The minimum atomic E-state index is 0.708. The van der Waals surface area contributed by atoms with Crippen molar-refractivity contribution in [2.75, 3.05) is 18.0 Å². The maximum atomic E-state index is 6.20. The van der Waals surface area contributed by atoms with Crippen molar-refractivity contribution in [3.8, 4) is 5.69 Å². The summed E-state index contributed by atoms with van der Waals surface area (Å²) >= 11 is 7.84. The van der Waals surface area contributed by atoms with Crippen molar-refractivity contribution < 1.29 is 0 Å². The van der Waals surface area contributed by atoms with Gasteiger partial charge in [0.25, 0.3) is 0 Å². The molecule has 0 bridgehead atoms. The van der Waals surface area contributed by atoms with E-state index in [-0.39, 0.29) is 0 Å². The van der Waals surface area contributed by atoms with E-state index in [1.165, 1.54) is 12.8 Å². The average molecular weight is 361 g/mol. The number of anilines is 1. The lowest BCUT2D eigenvalue weighted by Crippen LogP contribution is -2.22. The molecule has 0 saturated carbocycles. The van der Waals surface area contributed by atoms with Crippen LogP contribution in [0, 0.1) is 0 Å². The molecule has 0 unspecified atom stereocenters. The first-order valence-corrected chi connectivity index (χ1v) is 9.24. The summed E-state index contributed by atoms with van der Waals surface area (Å²) < 4.78 is 2.10. The van der Waals surface area contributed by atoms with Gasteiger partial charge in [-0.05, 0) is 31.0 Å². The highest BCUT2D eigenvalue weighted by atomic mass is 35.5. The number of aromatic nitrogens is 5. The van der Waals surface area contributed by atoms with Gasteiger partial charge in [-0.2, -0.15) is 5.10 Å². The number of nitrogens with zero attached hydrogens (tertiary/aromatic N) is 5. The number of nitrogens with one attached hydrogen (secondary N) is 1. The minimum absolute atomic E-state index is 0.708. The van der Waals surface area contributed by atoms with Gasteiger partial charge in [0.05, 0.1) is 11.9 Å². The molecule has 6 nitrogen and oxygen atoms in total. The topological polar surface area (TPSA) is 62.6 Å². The fraction of sp³-hybridized carbons (Fsp3) is 0.312. The molecule has 1 aliphatic rings. The first-order chi connectivity index (χ1) is 11.8. The van der Waals surface area contributed by atoms with Gasteiger partial charge in [0.2, 0.25) is 5.95 Å². The van der Waals surface area contributed by atoms with Crippen molar-refractivity contribution in [2.24, 2.45) is 0 Å². The molecule has 1 saturated heterocycles. The van der Waals surface area contributed by atoms with Crippen LogP contribution < -0.4 is 4.90 Å². The van der Waals surface area contributed by atoms with Gasteiger partial charge in [-0.3, -0.25) is 9.67 Å². The Morgan fingerprint density at radius 3 is 2.83 bits per heavy atom. The summed E-state index contributed by atoms with van der Waals surface area (Å²) in [6, 6.07) is 7.82. The predicted octanol–water partition coefficient (Wildman–Crippen LogP) is 3.54. The lowest BCUT2D eigenvalue weighted by atomic mass is 10.3. The molecular weight excluding hydrogens is 344 g/mol. The van der Waals surface area contributed by atoms with Crippen molar-refractivity contribution in [2.45, 2.75) is 23.8 Å². The lowest BCUT2D eigenvalue weighted by molar-refractivity contribution is 0.841. The summed E-state index contributed by atoms with van der Waals surface area (Å²) in [4.78, 5) is 2.29. The van der Waals surface area contributed by atoms with E-state index in [9.17, 15) is 0 Å². The van der Waals surface area contributed by atoms with Gasteiger partial charge >= 0.3 is 0 Å². The van der Waals surface area contributed by atoms with Crippen molar-refractivity contribution in [3.63, 3.8) is 0 Å². The molecule has 0 aliphatic carbocycles. The summed E-state index contributed by atoms with van der Waals surface area (Å²) in [5, 5.41) is 17.3. The highest BCUT2D eigenvalue weighted by molar-refractivity contribution is 7.98. The van der Waals surface area contributed by atoms with Crippen molar-refractivity contribution in [3.05, 3.63) is 47.2 Å². The highest BCUT2D eigenvalue weighted by Crippen LogP contribution is 2.30. The quantitative estimate of drug-likeness (QED) is 0.705. The molecule has 1 fully saturated rings. The van der Waals surface area contributed by atoms with Gasteiger partial charge in [-0.25, -0.2) is 0 Å². The summed E-state index contributed by atoms with van der Waals surface area (Å²) in [7, 11) is 0.